The average Bonchev–Trinajstić information content (AvgIpc) is 2.87. The van der Waals surface area contributed by atoms with Crippen molar-refractivity contribution in [3.8, 4) is 0 Å². The highest BCUT2D eigenvalue weighted by Crippen LogP contribution is 2.35. The Labute approximate surface area is 125 Å². The summed E-state index contributed by atoms with van der Waals surface area (Å²) in [6.45, 7) is 3.22. The van der Waals surface area contributed by atoms with Gasteiger partial charge in [0.1, 0.15) is 0 Å². The molecule has 2 heterocycles. The van der Waals surface area contributed by atoms with Gasteiger partial charge in [0.15, 0.2) is 0 Å². The maximum absolute atomic E-state index is 6.33. The summed E-state index contributed by atoms with van der Waals surface area (Å²) in [5, 5.41) is 4.38. The van der Waals surface area contributed by atoms with Gasteiger partial charge in [-0.15, -0.1) is 0 Å². The molecule has 2 unspecified atom stereocenters. The van der Waals surface area contributed by atoms with Crippen LogP contribution in [-0.2, 0) is 6.42 Å². The molecule has 2 N–H and O–H groups in total. The molecule has 20 heavy (non-hydrogen) atoms. The maximum atomic E-state index is 6.33. The van der Waals surface area contributed by atoms with Crippen LogP contribution in [0.5, 0.6) is 0 Å². The van der Waals surface area contributed by atoms with Gasteiger partial charge in [-0.3, -0.25) is 0 Å². The lowest BCUT2D eigenvalue weighted by atomic mass is 10.00. The third kappa shape index (κ3) is 2.60. The molecule has 1 aromatic carbocycles. The van der Waals surface area contributed by atoms with Crippen LogP contribution in [0.2, 0.25) is 0 Å². The molecule has 0 saturated heterocycles. The molecule has 0 saturated carbocycles. The predicted molar refractivity (Wildman–Crippen MR) is 87.4 cm³/mol. The van der Waals surface area contributed by atoms with Crippen LogP contribution < -0.4 is 10.6 Å². The molecular weight excluding hydrogens is 264 g/mol. The standard InChI is InChI=1S/C17H22N2S/c1-13(18)17(15-9-11-20-12-15)19-10-5-4-7-14-6-2-3-8-16(14)19/h2-3,6,8-9,11-13,17H,4-5,7,10,18H2,1H3. The summed E-state index contributed by atoms with van der Waals surface area (Å²) in [4.78, 5) is 2.52. The topological polar surface area (TPSA) is 29.3 Å². The predicted octanol–water partition coefficient (Wildman–Crippen LogP) is 3.98. The number of rotatable bonds is 3. The van der Waals surface area contributed by atoms with Gasteiger partial charge in [-0.2, -0.15) is 11.3 Å². The monoisotopic (exact) mass is 286 g/mol. The molecule has 0 amide bonds. The Kier molecular flexibility index (Phi) is 4.08. The van der Waals surface area contributed by atoms with Crippen molar-refractivity contribution in [1.82, 2.24) is 0 Å². The second kappa shape index (κ2) is 5.98. The number of nitrogens with two attached hydrogens (primary N) is 1. The highest BCUT2D eigenvalue weighted by Gasteiger charge is 2.27. The molecule has 2 aromatic rings. The van der Waals surface area contributed by atoms with Crippen molar-refractivity contribution in [3.05, 3.63) is 52.2 Å². The lowest BCUT2D eigenvalue weighted by Crippen LogP contribution is -2.40. The normalized spacial score (nSPS) is 18.2. The van der Waals surface area contributed by atoms with Crippen LogP contribution in [0.1, 0.15) is 36.9 Å². The van der Waals surface area contributed by atoms with Crippen molar-refractivity contribution < 1.29 is 0 Å². The van der Waals surface area contributed by atoms with Gasteiger partial charge in [-0.25, -0.2) is 0 Å². The highest BCUT2D eigenvalue weighted by molar-refractivity contribution is 7.08. The molecule has 0 radical (unpaired) electrons. The van der Waals surface area contributed by atoms with Crippen molar-refractivity contribution in [2.45, 2.75) is 38.3 Å². The van der Waals surface area contributed by atoms with Gasteiger partial charge in [0.25, 0.3) is 0 Å². The van der Waals surface area contributed by atoms with Gasteiger partial charge in [-0.05, 0) is 60.2 Å². The van der Waals surface area contributed by atoms with Crippen molar-refractivity contribution >= 4 is 17.0 Å². The third-order valence-corrected chi connectivity index (χ3v) is 4.82. The lowest BCUT2D eigenvalue weighted by Gasteiger charge is -2.36. The molecule has 2 atom stereocenters. The summed E-state index contributed by atoms with van der Waals surface area (Å²) in [6, 6.07) is 11.4. The average molecular weight is 286 g/mol. The molecule has 1 aliphatic heterocycles. The van der Waals surface area contributed by atoms with E-state index < -0.39 is 0 Å². The zero-order valence-electron chi connectivity index (χ0n) is 12.0. The second-order valence-corrected chi connectivity index (χ2v) is 6.42. The molecule has 2 nitrogen and oxygen atoms in total. The van der Waals surface area contributed by atoms with Crippen molar-refractivity contribution in [3.63, 3.8) is 0 Å². The number of benzene rings is 1. The fourth-order valence-corrected chi connectivity index (χ4v) is 3.91. The van der Waals surface area contributed by atoms with E-state index in [-0.39, 0.29) is 12.1 Å². The van der Waals surface area contributed by atoms with Gasteiger partial charge in [0.2, 0.25) is 0 Å². The van der Waals surface area contributed by atoms with Crippen LogP contribution in [0.25, 0.3) is 0 Å². The summed E-state index contributed by atoms with van der Waals surface area (Å²) in [7, 11) is 0. The number of hydrogen-bond acceptors (Lipinski definition) is 3. The Morgan fingerprint density at radius 3 is 2.80 bits per heavy atom. The first-order chi connectivity index (χ1) is 9.77. The first-order valence-corrected chi connectivity index (χ1v) is 8.34. The number of anilines is 1. The second-order valence-electron chi connectivity index (χ2n) is 5.64. The summed E-state index contributed by atoms with van der Waals surface area (Å²) in [5.74, 6) is 0. The maximum Gasteiger partial charge on any atom is 0.0698 e. The van der Waals surface area contributed by atoms with Crippen LogP contribution in [0.15, 0.2) is 41.1 Å². The fourth-order valence-electron chi connectivity index (χ4n) is 3.22. The molecule has 1 aliphatic rings. The number of fused-ring (bicyclic) bond motifs is 1. The van der Waals surface area contributed by atoms with Crippen molar-refractivity contribution in [2.75, 3.05) is 11.4 Å². The van der Waals surface area contributed by atoms with Crippen LogP contribution in [0.4, 0.5) is 5.69 Å². The lowest BCUT2D eigenvalue weighted by molar-refractivity contribution is 0.525. The minimum atomic E-state index is 0.121. The van der Waals surface area contributed by atoms with Crippen LogP contribution in [-0.4, -0.2) is 12.6 Å². The Balaban J connectivity index is 2.02. The van der Waals surface area contributed by atoms with E-state index in [4.69, 9.17) is 5.73 Å². The number of thiophene rings is 1. The van der Waals surface area contributed by atoms with Crippen LogP contribution in [0.3, 0.4) is 0 Å². The molecule has 3 rings (SSSR count). The summed E-state index contributed by atoms with van der Waals surface area (Å²) in [6.07, 6.45) is 3.69. The van der Waals surface area contributed by atoms with E-state index in [9.17, 15) is 0 Å². The van der Waals surface area contributed by atoms with Gasteiger partial charge in [0.05, 0.1) is 6.04 Å². The largest absolute Gasteiger partial charge is 0.363 e. The molecule has 1 aromatic heterocycles. The van der Waals surface area contributed by atoms with Gasteiger partial charge >= 0.3 is 0 Å². The molecule has 0 bridgehead atoms. The number of para-hydroxylation sites is 1. The van der Waals surface area contributed by atoms with Gasteiger partial charge < -0.3 is 10.6 Å². The number of nitrogens with zero attached hydrogens (tertiary/aromatic N) is 1. The minimum absolute atomic E-state index is 0.121. The molecule has 106 valence electrons. The third-order valence-electron chi connectivity index (χ3n) is 4.11. The Bertz CT molecular complexity index is 548. The van der Waals surface area contributed by atoms with E-state index in [1.807, 2.05) is 0 Å². The molecule has 0 aliphatic carbocycles. The fraction of sp³-hybridized carbons (Fsp3) is 0.412. The first kappa shape index (κ1) is 13.7. The van der Waals surface area contributed by atoms with Gasteiger partial charge in [-0.1, -0.05) is 18.2 Å². The summed E-state index contributed by atoms with van der Waals surface area (Å²) in [5.41, 5.74) is 10.5. The van der Waals surface area contributed by atoms with E-state index in [1.54, 1.807) is 11.3 Å². The van der Waals surface area contributed by atoms with E-state index in [0.29, 0.717) is 0 Å². The summed E-state index contributed by atoms with van der Waals surface area (Å²) >= 11 is 1.75. The van der Waals surface area contributed by atoms with Crippen LogP contribution in [0, 0.1) is 0 Å². The van der Waals surface area contributed by atoms with Crippen molar-refractivity contribution in [2.24, 2.45) is 5.73 Å². The molecular formula is C17H22N2S. The Morgan fingerprint density at radius 2 is 2.05 bits per heavy atom. The SMILES string of the molecule is CC(N)C(c1ccsc1)N1CCCCc2ccccc21. The zero-order chi connectivity index (χ0) is 13.9. The summed E-state index contributed by atoms with van der Waals surface area (Å²) < 4.78 is 0. The zero-order valence-corrected chi connectivity index (χ0v) is 12.8. The Hall–Kier alpha value is -1.32. The quantitative estimate of drug-likeness (QED) is 0.924. The first-order valence-electron chi connectivity index (χ1n) is 7.39. The van der Waals surface area contributed by atoms with Crippen LogP contribution >= 0.6 is 11.3 Å². The Morgan fingerprint density at radius 1 is 1.20 bits per heavy atom. The van der Waals surface area contributed by atoms with E-state index in [1.165, 1.54) is 36.1 Å². The molecule has 0 fully saturated rings. The van der Waals surface area contributed by atoms with E-state index >= 15 is 0 Å². The van der Waals surface area contributed by atoms with E-state index in [2.05, 4.69) is 52.9 Å². The highest BCUT2D eigenvalue weighted by atomic mass is 32.1. The molecule has 0 spiro atoms. The van der Waals surface area contributed by atoms with E-state index in [0.717, 1.165) is 6.54 Å². The number of aryl methyl sites for hydroxylation is 1. The molecule has 3 heteroatoms. The van der Waals surface area contributed by atoms with Crippen molar-refractivity contribution in [1.29, 1.82) is 0 Å². The van der Waals surface area contributed by atoms with Gasteiger partial charge in [0, 0.05) is 18.3 Å². The number of hydrogen-bond donors (Lipinski definition) is 1. The minimum Gasteiger partial charge on any atom is -0.363 e. The smallest absolute Gasteiger partial charge is 0.0698 e.